The van der Waals surface area contributed by atoms with E-state index in [1.807, 2.05) is 76.2 Å². The van der Waals surface area contributed by atoms with E-state index in [0.717, 1.165) is 16.0 Å². The highest BCUT2D eigenvalue weighted by Crippen LogP contribution is 2.23. The third-order valence-electron chi connectivity index (χ3n) is 4.17. The van der Waals surface area contributed by atoms with E-state index in [1.165, 1.54) is 0 Å². The highest BCUT2D eigenvalue weighted by molar-refractivity contribution is 7.89. The van der Waals surface area contributed by atoms with Crippen LogP contribution >= 0.6 is 0 Å². The molecule has 27 heavy (non-hydrogen) atoms. The summed E-state index contributed by atoms with van der Waals surface area (Å²) in [5, 5.41) is 0. The molecule has 0 unspecified atom stereocenters. The van der Waals surface area contributed by atoms with Crippen LogP contribution in [0, 0.1) is 19.8 Å². The first-order valence-electron chi connectivity index (χ1n) is 8.89. The molecule has 0 heterocycles. The van der Waals surface area contributed by atoms with Crippen LogP contribution in [0.4, 0.5) is 0 Å². The quantitative estimate of drug-likeness (QED) is 0.645. The minimum absolute atomic E-state index is 0.0972. The van der Waals surface area contributed by atoms with Gasteiger partial charge in [-0.2, -0.15) is 0 Å². The Kier molecular flexibility index (Phi) is 7.90. The van der Waals surface area contributed by atoms with Crippen LogP contribution in [0.25, 0.3) is 0 Å². The lowest BCUT2D eigenvalue weighted by molar-refractivity contribution is 0.524. The summed E-state index contributed by atoms with van der Waals surface area (Å²) in [6, 6.07) is 14.9. The second-order valence-electron chi connectivity index (χ2n) is 6.81. The third kappa shape index (κ3) is 5.83. The maximum atomic E-state index is 13.2. The third-order valence-corrected chi connectivity index (χ3v) is 6.86. The molecule has 0 saturated heterocycles. The van der Waals surface area contributed by atoms with Gasteiger partial charge in [-0.05, 0) is 50.1 Å². The van der Waals surface area contributed by atoms with Gasteiger partial charge in [-0.15, -0.1) is 0 Å². The highest BCUT2D eigenvalue weighted by atomic mass is 32.2. The summed E-state index contributed by atoms with van der Waals surface area (Å²) in [5.74, 6) is 0.0972. The first-order chi connectivity index (χ1) is 12.8. The SMILES string of the molecule is C=C/C=C(\[C@@H](N[S@](=O)c1ccc(C)cc1)C(C)C)[S@@](=O)c1ccc(C)cc1. The molecule has 144 valence electrons. The van der Waals surface area contributed by atoms with Crippen molar-refractivity contribution in [3.63, 3.8) is 0 Å². The topological polar surface area (TPSA) is 46.2 Å². The van der Waals surface area contributed by atoms with E-state index in [-0.39, 0.29) is 12.0 Å². The summed E-state index contributed by atoms with van der Waals surface area (Å²) in [4.78, 5) is 2.09. The maximum absolute atomic E-state index is 13.2. The van der Waals surface area contributed by atoms with Crippen LogP contribution in [-0.2, 0) is 21.8 Å². The molecule has 2 aromatic carbocycles. The standard InChI is InChI=1S/C22H27NO2S2/c1-6-7-21(26(24)19-12-8-17(4)9-13-19)22(16(2)3)23-27(25)20-14-10-18(5)11-15-20/h6-16,22-23H,1H2,2-5H3/b21-7+/t22-,26-,27+/m0/s1. The summed E-state index contributed by atoms with van der Waals surface area (Å²) >= 11 is 0. The molecular weight excluding hydrogens is 374 g/mol. The van der Waals surface area contributed by atoms with Crippen LogP contribution in [0.5, 0.6) is 0 Å². The van der Waals surface area contributed by atoms with Gasteiger partial charge in [-0.1, -0.05) is 61.9 Å². The van der Waals surface area contributed by atoms with Crippen molar-refractivity contribution in [1.29, 1.82) is 0 Å². The van der Waals surface area contributed by atoms with Crippen LogP contribution < -0.4 is 4.72 Å². The highest BCUT2D eigenvalue weighted by Gasteiger charge is 2.25. The van der Waals surface area contributed by atoms with Crippen LogP contribution in [0.15, 0.2) is 82.0 Å². The molecule has 0 aliphatic carbocycles. The van der Waals surface area contributed by atoms with Gasteiger partial charge in [0.05, 0.1) is 21.7 Å². The number of rotatable bonds is 8. The lowest BCUT2D eigenvalue weighted by Gasteiger charge is -2.24. The van der Waals surface area contributed by atoms with E-state index < -0.39 is 21.8 Å². The van der Waals surface area contributed by atoms with Gasteiger partial charge in [-0.3, -0.25) is 0 Å². The second-order valence-corrected chi connectivity index (χ2v) is 9.53. The summed E-state index contributed by atoms with van der Waals surface area (Å²) in [7, 11) is -2.77. The molecule has 0 bridgehead atoms. The molecular formula is C22H27NO2S2. The molecule has 0 amide bonds. The van der Waals surface area contributed by atoms with Crippen LogP contribution in [-0.4, -0.2) is 14.5 Å². The predicted octanol–water partition coefficient (Wildman–Crippen LogP) is 4.82. The van der Waals surface area contributed by atoms with Crippen molar-refractivity contribution in [2.45, 2.75) is 43.5 Å². The van der Waals surface area contributed by atoms with Crippen molar-refractivity contribution in [2.24, 2.45) is 5.92 Å². The van der Waals surface area contributed by atoms with Crippen molar-refractivity contribution in [1.82, 2.24) is 4.72 Å². The predicted molar refractivity (Wildman–Crippen MR) is 115 cm³/mol. The van der Waals surface area contributed by atoms with Gasteiger partial charge in [0, 0.05) is 9.80 Å². The molecule has 5 heteroatoms. The van der Waals surface area contributed by atoms with E-state index in [9.17, 15) is 8.42 Å². The molecule has 0 saturated carbocycles. The normalized spacial score (nSPS) is 15.4. The van der Waals surface area contributed by atoms with Gasteiger partial charge in [0.15, 0.2) is 0 Å². The van der Waals surface area contributed by atoms with Gasteiger partial charge in [0.2, 0.25) is 0 Å². The van der Waals surface area contributed by atoms with E-state index in [4.69, 9.17) is 0 Å². The fourth-order valence-electron chi connectivity index (χ4n) is 2.56. The van der Waals surface area contributed by atoms with Crippen molar-refractivity contribution >= 4 is 21.8 Å². The minimum Gasteiger partial charge on any atom is -0.249 e. The molecule has 0 radical (unpaired) electrons. The summed E-state index contributed by atoms with van der Waals surface area (Å²) in [5.41, 5.74) is 2.23. The Hall–Kier alpha value is -1.82. The first-order valence-corrected chi connectivity index (χ1v) is 11.2. The van der Waals surface area contributed by atoms with Crippen LogP contribution in [0.2, 0.25) is 0 Å². The molecule has 3 nitrogen and oxygen atoms in total. The Bertz CT molecular complexity index is 853. The van der Waals surface area contributed by atoms with E-state index >= 15 is 0 Å². The molecule has 1 N–H and O–H groups in total. The minimum atomic E-state index is -1.40. The lowest BCUT2D eigenvalue weighted by Crippen LogP contribution is -2.38. The van der Waals surface area contributed by atoms with E-state index in [0.29, 0.717) is 9.80 Å². The number of hydrogen-bond donors (Lipinski definition) is 1. The zero-order valence-electron chi connectivity index (χ0n) is 16.3. The monoisotopic (exact) mass is 401 g/mol. The zero-order valence-corrected chi connectivity index (χ0v) is 17.9. The molecule has 0 aromatic heterocycles. The van der Waals surface area contributed by atoms with Crippen LogP contribution in [0.3, 0.4) is 0 Å². The molecule has 0 spiro atoms. The molecule has 3 atom stereocenters. The van der Waals surface area contributed by atoms with Crippen LogP contribution in [0.1, 0.15) is 25.0 Å². The molecule has 0 fully saturated rings. The number of allylic oxidation sites excluding steroid dienone is 2. The van der Waals surface area contributed by atoms with Gasteiger partial charge in [0.25, 0.3) is 0 Å². The van der Waals surface area contributed by atoms with Gasteiger partial charge in [-0.25, -0.2) is 13.1 Å². The summed E-state index contributed by atoms with van der Waals surface area (Å²) in [6.07, 6.45) is 3.40. The molecule has 2 aromatic rings. The molecule has 0 aliphatic rings. The second kappa shape index (κ2) is 9.93. The van der Waals surface area contributed by atoms with Crippen molar-refractivity contribution < 1.29 is 8.42 Å². The fraction of sp³-hybridized carbons (Fsp3) is 0.273. The zero-order chi connectivity index (χ0) is 20.0. The Morgan fingerprint density at radius 3 is 1.85 bits per heavy atom. The summed E-state index contributed by atoms with van der Waals surface area (Å²) in [6.45, 7) is 11.8. The number of benzene rings is 2. The summed E-state index contributed by atoms with van der Waals surface area (Å²) < 4.78 is 29.2. The lowest BCUT2D eigenvalue weighted by atomic mass is 10.1. The van der Waals surface area contributed by atoms with Gasteiger partial charge < -0.3 is 0 Å². The Morgan fingerprint density at radius 2 is 1.41 bits per heavy atom. The van der Waals surface area contributed by atoms with E-state index in [2.05, 4.69) is 11.3 Å². The number of aryl methyl sites for hydroxylation is 2. The largest absolute Gasteiger partial charge is 0.249 e. The first kappa shape index (κ1) is 21.5. The molecule has 2 rings (SSSR count). The number of nitrogens with one attached hydrogen (secondary N) is 1. The Balaban J connectivity index is 2.32. The van der Waals surface area contributed by atoms with Gasteiger partial charge >= 0.3 is 0 Å². The van der Waals surface area contributed by atoms with Gasteiger partial charge in [0.1, 0.15) is 11.0 Å². The van der Waals surface area contributed by atoms with E-state index in [1.54, 1.807) is 12.2 Å². The average Bonchev–Trinajstić information content (AvgIpc) is 2.65. The average molecular weight is 402 g/mol. The Labute approximate surface area is 167 Å². The van der Waals surface area contributed by atoms with Crippen molar-refractivity contribution in [3.8, 4) is 0 Å². The Morgan fingerprint density at radius 1 is 0.926 bits per heavy atom. The smallest absolute Gasteiger partial charge is 0.125 e. The number of hydrogen-bond acceptors (Lipinski definition) is 2. The van der Waals surface area contributed by atoms with Crippen molar-refractivity contribution in [2.75, 3.05) is 0 Å². The van der Waals surface area contributed by atoms with Crippen molar-refractivity contribution in [3.05, 3.63) is 83.3 Å². The fourth-order valence-corrected chi connectivity index (χ4v) is 5.22. The maximum Gasteiger partial charge on any atom is 0.125 e. The molecule has 0 aliphatic heterocycles.